The molecule has 1 N–H and O–H groups in total. The number of amides is 1. The summed E-state index contributed by atoms with van der Waals surface area (Å²) in [5.41, 5.74) is 3.02. The van der Waals surface area contributed by atoms with Crippen molar-refractivity contribution in [3.8, 4) is 0 Å². The van der Waals surface area contributed by atoms with Gasteiger partial charge >= 0.3 is 5.69 Å². The zero-order chi connectivity index (χ0) is 25.1. The first-order valence-corrected chi connectivity index (χ1v) is 11.8. The Balaban J connectivity index is 1.79. The van der Waals surface area contributed by atoms with Crippen LogP contribution in [0.1, 0.15) is 37.0 Å². The summed E-state index contributed by atoms with van der Waals surface area (Å²) in [6.07, 6.45) is 2.46. The highest BCUT2D eigenvalue weighted by Gasteiger charge is 2.20. The summed E-state index contributed by atoms with van der Waals surface area (Å²) in [6.45, 7) is 8.49. The normalized spacial score (nSPS) is 11.3. The van der Waals surface area contributed by atoms with Crippen molar-refractivity contribution in [3.63, 3.8) is 0 Å². The second-order valence-corrected chi connectivity index (χ2v) is 9.35. The largest absolute Gasteiger partial charge is 0.333 e. The maximum Gasteiger partial charge on any atom is 0.333 e. The topological polar surface area (TPSA) is 90.9 Å². The third-order valence-corrected chi connectivity index (χ3v) is 6.16. The Labute approximate surface area is 203 Å². The summed E-state index contributed by atoms with van der Waals surface area (Å²) in [4.78, 5) is 44.4. The van der Waals surface area contributed by atoms with Gasteiger partial charge in [0.2, 0.25) is 5.91 Å². The van der Waals surface area contributed by atoms with Crippen molar-refractivity contribution in [2.75, 3.05) is 5.32 Å². The van der Waals surface area contributed by atoms with Gasteiger partial charge in [0.15, 0.2) is 11.2 Å². The quantitative estimate of drug-likeness (QED) is 0.422. The molecule has 0 bridgehead atoms. The molecule has 2 aromatic heterocycles. The van der Waals surface area contributed by atoms with Crippen LogP contribution in [0, 0.1) is 19.8 Å². The lowest BCUT2D eigenvalue weighted by molar-refractivity contribution is -0.116. The molecule has 4 aromatic rings. The number of carbonyl (C=O) groups excluding carboxylic acids is 1. The van der Waals surface area contributed by atoms with Gasteiger partial charge in [-0.05, 0) is 42.9 Å². The van der Waals surface area contributed by atoms with E-state index in [-0.39, 0.29) is 13.1 Å². The predicted molar refractivity (Wildman–Crippen MR) is 138 cm³/mol. The Hall–Kier alpha value is -3.94. The Bertz CT molecular complexity index is 1460. The summed E-state index contributed by atoms with van der Waals surface area (Å²) in [7, 11) is 0. The van der Waals surface area contributed by atoms with Gasteiger partial charge in [-0.2, -0.15) is 0 Å². The molecular formula is C27H31N5O3. The molecule has 0 unspecified atom stereocenters. The summed E-state index contributed by atoms with van der Waals surface area (Å²) >= 11 is 0. The van der Waals surface area contributed by atoms with E-state index < -0.39 is 17.2 Å². The van der Waals surface area contributed by atoms with Crippen molar-refractivity contribution in [2.45, 2.75) is 53.8 Å². The molecule has 0 aliphatic heterocycles. The molecule has 0 saturated carbocycles. The smallest absolute Gasteiger partial charge is 0.325 e. The van der Waals surface area contributed by atoms with E-state index in [0.717, 1.165) is 27.7 Å². The van der Waals surface area contributed by atoms with E-state index in [2.05, 4.69) is 24.1 Å². The minimum atomic E-state index is -0.558. The molecule has 2 aromatic carbocycles. The van der Waals surface area contributed by atoms with Crippen LogP contribution in [0.15, 0.2) is 64.4 Å². The molecule has 35 heavy (non-hydrogen) atoms. The fourth-order valence-corrected chi connectivity index (χ4v) is 4.19. The average Bonchev–Trinajstić information content (AvgIpc) is 3.25. The Morgan fingerprint density at radius 1 is 0.971 bits per heavy atom. The third kappa shape index (κ3) is 5.11. The molecule has 0 atom stereocenters. The van der Waals surface area contributed by atoms with E-state index >= 15 is 0 Å². The zero-order valence-corrected chi connectivity index (χ0v) is 20.6. The number of carbonyl (C=O) groups is 1. The van der Waals surface area contributed by atoms with Crippen molar-refractivity contribution in [1.29, 1.82) is 0 Å². The zero-order valence-electron chi connectivity index (χ0n) is 20.6. The number of nitrogens with zero attached hydrogens (tertiary/aromatic N) is 4. The van der Waals surface area contributed by atoms with Gasteiger partial charge in [0.1, 0.15) is 6.54 Å². The predicted octanol–water partition coefficient (Wildman–Crippen LogP) is 3.71. The number of rotatable bonds is 8. The first kappa shape index (κ1) is 24.2. The van der Waals surface area contributed by atoms with Crippen LogP contribution in [-0.2, 0) is 24.4 Å². The molecular weight excluding hydrogens is 442 g/mol. The summed E-state index contributed by atoms with van der Waals surface area (Å²) in [5.74, 6) is 0.00786. The molecule has 182 valence electrons. The molecule has 8 heteroatoms. The van der Waals surface area contributed by atoms with E-state index in [0.29, 0.717) is 29.3 Å². The summed E-state index contributed by atoms with van der Waals surface area (Å²) < 4.78 is 4.28. The first-order chi connectivity index (χ1) is 16.8. The monoisotopic (exact) mass is 473 g/mol. The van der Waals surface area contributed by atoms with Crippen molar-refractivity contribution in [3.05, 3.63) is 92.4 Å². The standard InChI is InChI=1S/C27H31N5O3/c1-18(2)13-14-30-17-28-25-24(30)26(34)32(27(35)31(25)15-21-11-6-5-7-12-21)16-22(33)29-23-19(3)9-8-10-20(23)4/h5-12,17-18H,13-16H2,1-4H3,(H,29,33). The van der Waals surface area contributed by atoms with Crippen LogP contribution in [0.5, 0.6) is 0 Å². The van der Waals surface area contributed by atoms with Crippen molar-refractivity contribution >= 4 is 22.8 Å². The number of benzene rings is 2. The Morgan fingerprint density at radius 3 is 2.31 bits per heavy atom. The number of hydrogen-bond donors (Lipinski definition) is 1. The fraction of sp³-hybridized carbons (Fsp3) is 0.333. The minimum absolute atomic E-state index is 0.246. The first-order valence-electron chi connectivity index (χ1n) is 11.8. The van der Waals surface area contributed by atoms with Crippen molar-refractivity contribution < 1.29 is 4.79 Å². The van der Waals surface area contributed by atoms with Crippen LogP contribution >= 0.6 is 0 Å². The molecule has 0 radical (unpaired) electrons. The van der Waals surface area contributed by atoms with E-state index in [9.17, 15) is 14.4 Å². The molecule has 4 rings (SSSR count). The van der Waals surface area contributed by atoms with Crippen LogP contribution in [0.4, 0.5) is 5.69 Å². The number of imidazole rings is 1. The van der Waals surface area contributed by atoms with Crippen LogP contribution in [0.3, 0.4) is 0 Å². The molecule has 0 spiro atoms. The summed E-state index contributed by atoms with van der Waals surface area (Å²) in [5, 5.41) is 2.88. The Kier molecular flexibility index (Phi) is 7.00. The molecule has 0 aliphatic carbocycles. The van der Waals surface area contributed by atoms with Gasteiger partial charge in [-0.3, -0.25) is 14.2 Å². The van der Waals surface area contributed by atoms with Gasteiger partial charge in [0.05, 0.1) is 12.9 Å². The lowest BCUT2D eigenvalue weighted by Gasteiger charge is -2.15. The maximum absolute atomic E-state index is 13.5. The van der Waals surface area contributed by atoms with E-state index in [1.165, 1.54) is 4.57 Å². The molecule has 1 amide bonds. The second-order valence-electron chi connectivity index (χ2n) is 9.35. The van der Waals surface area contributed by atoms with Crippen molar-refractivity contribution in [2.24, 2.45) is 5.92 Å². The van der Waals surface area contributed by atoms with Gasteiger partial charge < -0.3 is 9.88 Å². The molecule has 0 fully saturated rings. The molecule has 0 aliphatic rings. The lowest BCUT2D eigenvalue weighted by atomic mass is 10.1. The summed E-state index contributed by atoms with van der Waals surface area (Å²) in [6, 6.07) is 15.2. The minimum Gasteiger partial charge on any atom is -0.325 e. The lowest BCUT2D eigenvalue weighted by Crippen LogP contribution is -2.43. The van der Waals surface area contributed by atoms with Crippen LogP contribution < -0.4 is 16.6 Å². The number of nitrogens with one attached hydrogen (secondary N) is 1. The molecule has 2 heterocycles. The van der Waals surface area contributed by atoms with Crippen LogP contribution in [-0.4, -0.2) is 24.6 Å². The van der Waals surface area contributed by atoms with Gasteiger partial charge in [0.25, 0.3) is 5.56 Å². The van der Waals surface area contributed by atoms with Gasteiger partial charge in [-0.25, -0.2) is 14.3 Å². The highest BCUT2D eigenvalue weighted by molar-refractivity contribution is 5.92. The third-order valence-electron chi connectivity index (χ3n) is 6.16. The van der Waals surface area contributed by atoms with Gasteiger partial charge in [-0.1, -0.05) is 62.4 Å². The fourth-order valence-electron chi connectivity index (χ4n) is 4.19. The van der Waals surface area contributed by atoms with Crippen LogP contribution in [0.2, 0.25) is 0 Å². The molecule has 8 nitrogen and oxygen atoms in total. The van der Waals surface area contributed by atoms with Crippen molar-refractivity contribution in [1.82, 2.24) is 18.7 Å². The number of para-hydroxylation sites is 1. The molecule has 0 saturated heterocycles. The van der Waals surface area contributed by atoms with Crippen LogP contribution in [0.25, 0.3) is 11.2 Å². The van der Waals surface area contributed by atoms with Gasteiger partial charge in [-0.15, -0.1) is 0 Å². The van der Waals surface area contributed by atoms with E-state index in [4.69, 9.17) is 0 Å². The second kappa shape index (κ2) is 10.1. The number of anilines is 1. The number of aromatic nitrogens is 4. The Morgan fingerprint density at radius 2 is 1.66 bits per heavy atom. The number of aryl methyl sites for hydroxylation is 3. The van der Waals surface area contributed by atoms with Gasteiger partial charge in [0, 0.05) is 12.2 Å². The van der Waals surface area contributed by atoms with E-state index in [1.807, 2.05) is 62.4 Å². The average molecular weight is 474 g/mol. The number of fused-ring (bicyclic) bond motifs is 1. The highest BCUT2D eigenvalue weighted by Crippen LogP contribution is 2.19. The van der Waals surface area contributed by atoms with E-state index in [1.54, 1.807) is 10.9 Å². The SMILES string of the molecule is Cc1cccc(C)c1NC(=O)Cn1c(=O)c2c(ncn2CCC(C)C)n(Cc2ccccc2)c1=O. The number of hydrogen-bond acceptors (Lipinski definition) is 4. The maximum atomic E-state index is 13.5. The highest BCUT2D eigenvalue weighted by atomic mass is 16.2.